The molecule has 0 saturated carbocycles. The van der Waals surface area contributed by atoms with Gasteiger partial charge in [-0.25, -0.2) is 4.39 Å². The maximum atomic E-state index is 14.9. The number of hydrogen-bond donors (Lipinski definition) is 2. The number of likely N-dealkylation sites (tertiary alicyclic amines) is 1. The molecule has 2 heterocycles. The van der Waals surface area contributed by atoms with E-state index < -0.39 is 5.82 Å². The molecule has 0 aromatic heterocycles. The van der Waals surface area contributed by atoms with Crippen molar-refractivity contribution in [1.82, 2.24) is 4.90 Å². The number of benzene rings is 3. The standard InChI is InChI=1S/C29H32FNO4/c1-19-26(20-5-9-22(32)10-6-20)29(35-25-14-13-24(33)28(30)27(19)25)21-7-11-23(12-8-21)34-18-17-31-15-3-2-4-16-31/h5-14,19,26,29,32-33H,2-4,15-18H2,1H3/t19-,26+,29-/m1/s1. The Morgan fingerprint density at radius 1 is 0.914 bits per heavy atom. The third-order valence-electron chi connectivity index (χ3n) is 7.31. The lowest BCUT2D eigenvalue weighted by Gasteiger charge is -2.39. The molecule has 3 atom stereocenters. The van der Waals surface area contributed by atoms with E-state index in [1.165, 1.54) is 25.3 Å². The molecule has 35 heavy (non-hydrogen) atoms. The molecule has 3 aromatic carbocycles. The Balaban J connectivity index is 1.39. The normalized spacial score (nSPS) is 22.3. The van der Waals surface area contributed by atoms with E-state index >= 15 is 0 Å². The van der Waals surface area contributed by atoms with Gasteiger partial charge in [-0.2, -0.15) is 0 Å². The summed E-state index contributed by atoms with van der Waals surface area (Å²) in [4.78, 5) is 2.45. The smallest absolute Gasteiger partial charge is 0.171 e. The van der Waals surface area contributed by atoms with Gasteiger partial charge in [0.2, 0.25) is 0 Å². The van der Waals surface area contributed by atoms with E-state index in [1.807, 2.05) is 43.3 Å². The first-order chi connectivity index (χ1) is 17.0. The second-order valence-corrected chi connectivity index (χ2v) is 9.57. The molecule has 0 aliphatic carbocycles. The van der Waals surface area contributed by atoms with Crippen LogP contribution in [0, 0.1) is 5.82 Å². The molecule has 3 aromatic rings. The van der Waals surface area contributed by atoms with Crippen molar-refractivity contribution >= 4 is 0 Å². The lowest BCUT2D eigenvalue weighted by molar-refractivity contribution is 0.133. The highest BCUT2D eigenvalue weighted by Crippen LogP contribution is 2.52. The molecule has 0 unspecified atom stereocenters. The minimum atomic E-state index is -0.644. The van der Waals surface area contributed by atoms with E-state index in [9.17, 15) is 14.6 Å². The van der Waals surface area contributed by atoms with Crippen LogP contribution in [0.3, 0.4) is 0 Å². The summed E-state index contributed by atoms with van der Waals surface area (Å²) in [5.41, 5.74) is 2.25. The fourth-order valence-corrected chi connectivity index (χ4v) is 5.41. The fourth-order valence-electron chi connectivity index (χ4n) is 5.41. The zero-order valence-corrected chi connectivity index (χ0v) is 20.0. The molecule has 1 fully saturated rings. The zero-order chi connectivity index (χ0) is 24.4. The number of phenols is 2. The topological polar surface area (TPSA) is 62.2 Å². The van der Waals surface area contributed by atoms with Crippen LogP contribution in [-0.4, -0.2) is 41.4 Å². The summed E-state index contributed by atoms with van der Waals surface area (Å²) in [7, 11) is 0. The van der Waals surface area contributed by atoms with Crippen molar-refractivity contribution in [2.24, 2.45) is 0 Å². The molecule has 184 valence electrons. The van der Waals surface area contributed by atoms with Gasteiger partial charge in [0.05, 0.1) is 0 Å². The first-order valence-electron chi connectivity index (χ1n) is 12.4. The zero-order valence-electron chi connectivity index (χ0n) is 20.0. The molecule has 2 N–H and O–H groups in total. The highest BCUT2D eigenvalue weighted by Gasteiger charge is 2.40. The number of nitrogens with zero attached hydrogens (tertiary/aromatic N) is 1. The van der Waals surface area contributed by atoms with Crippen molar-refractivity contribution in [2.45, 2.75) is 44.1 Å². The molecule has 6 heteroatoms. The molecular weight excluding hydrogens is 445 g/mol. The Morgan fingerprint density at radius 3 is 2.31 bits per heavy atom. The van der Waals surface area contributed by atoms with E-state index in [0.717, 1.165) is 36.5 Å². The fraction of sp³-hybridized carbons (Fsp3) is 0.379. The van der Waals surface area contributed by atoms with Crippen LogP contribution >= 0.6 is 0 Å². The predicted octanol–water partition coefficient (Wildman–Crippen LogP) is 6.12. The maximum absolute atomic E-state index is 14.9. The molecule has 0 radical (unpaired) electrons. The summed E-state index contributed by atoms with van der Waals surface area (Å²) < 4.78 is 27.3. The van der Waals surface area contributed by atoms with Gasteiger partial charge in [0.1, 0.15) is 30.0 Å². The number of piperidine rings is 1. The molecule has 5 rings (SSSR count). The molecule has 2 aliphatic rings. The van der Waals surface area contributed by atoms with Crippen LogP contribution in [0.1, 0.15) is 60.8 Å². The first-order valence-corrected chi connectivity index (χ1v) is 12.4. The lowest BCUT2D eigenvalue weighted by atomic mass is 9.75. The summed E-state index contributed by atoms with van der Waals surface area (Å²) in [6.07, 6.45) is 3.49. The van der Waals surface area contributed by atoms with Crippen molar-refractivity contribution in [1.29, 1.82) is 0 Å². The Bertz CT molecular complexity index is 1140. The van der Waals surface area contributed by atoms with Gasteiger partial charge in [-0.3, -0.25) is 4.90 Å². The summed E-state index contributed by atoms with van der Waals surface area (Å²) in [6.45, 7) is 5.84. The van der Waals surface area contributed by atoms with Gasteiger partial charge in [0, 0.05) is 18.0 Å². The van der Waals surface area contributed by atoms with Gasteiger partial charge in [-0.1, -0.05) is 37.6 Å². The number of ether oxygens (including phenoxy) is 2. The number of hydrogen-bond acceptors (Lipinski definition) is 5. The average molecular weight is 478 g/mol. The predicted molar refractivity (Wildman–Crippen MR) is 133 cm³/mol. The largest absolute Gasteiger partial charge is 0.508 e. The molecule has 0 spiro atoms. The number of aromatic hydroxyl groups is 2. The molecule has 0 bridgehead atoms. The van der Waals surface area contributed by atoms with E-state index in [0.29, 0.717) is 17.9 Å². The van der Waals surface area contributed by atoms with Crippen molar-refractivity contribution in [2.75, 3.05) is 26.2 Å². The van der Waals surface area contributed by atoms with Gasteiger partial charge in [0.15, 0.2) is 11.6 Å². The van der Waals surface area contributed by atoms with Crippen molar-refractivity contribution in [3.8, 4) is 23.0 Å². The molecule has 5 nitrogen and oxygen atoms in total. The Morgan fingerprint density at radius 2 is 1.60 bits per heavy atom. The van der Waals surface area contributed by atoms with E-state index in [4.69, 9.17) is 9.47 Å². The van der Waals surface area contributed by atoms with Gasteiger partial charge in [-0.05, 0) is 79.4 Å². The number of rotatable bonds is 6. The second-order valence-electron chi connectivity index (χ2n) is 9.57. The van der Waals surface area contributed by atoms with Crippen molar-refractivity contribution in [3.05, 3.63) is 83.2 Å². The number of phenolic OH excluding ortho intramolecular Hbond substituents is 2. The third-order valence-corrected chi connectivity index (χ3v) is 7.31. The third kappa shape index (κ3) is 4.94. The Labute approximate surface area is 205 Å². The number of fused-ring (bicyclic) bond motifs is 1. The summed E-state index contributed by atoms with van der Waals surface area (Å²) in [5, 5.41) is 19.8. The second kappa shape index (κ2) is 10.2. The molecule has 0 amide bonds. The van der Waals surface area contributed by atoms with Gasteiger partial charge < -0.3 is 19.7 Å². The lowest BCUT2D eigenvalue weighted by Crippen LogP contribution is -2.33. The van der Waals surface area contributed by atoms with Gasteiger partial charge >= 0.3 is 0 Å². The van der Waals surface area contributed by atoms with Crippen molar-refractivity contribution < 1.29 is 24.1 Å². The molecular formula is C29H32FNO4. The monoisotopic (exact) mass is 477 g/mol. The van der Waals surface area contributed by atoms with Crippen molar-refractivity contribution in [3.63, 3.8) is 0 Å². The maximum Gasteiger partial charge on any atom is 0.171 e. The average Bonchev–Trinajstić information content (AvgIpc) is 2.88. The minimum absolute atomic E-state index is 0.171. The summed E-state index contributed by atoms with van der Waals surface area (Å²) in [6, 6.07) is 17.8. The highest BCUT2D eigenvalue weighted by molar-refractivity contribution is 5.49. The summed E-state index contributed by atoms with van der Waals surface area (Å²) in [5.74, 6) is -0.0826. The first kappa shape index (κ1) is 23.5. The molecule has 2 aliphatic heterocycles. The van der Waals surface area contributed by atoms with Crippen LogP contribution in [0.2, 0.25) is 0 Å². The number of halogens is 1. The van der Waals surface area contributed by atoms with Crippen LogP contribution in [0.15, 0.2) is 60.7 Å². The van der Waals surface area contributed by atoms with E-state index in [-0.39, 0.29) is 29.4 Å². The van der Waals surface area contributed by atoms with E-state index in [2.05, 4.69) is 4.90 Å². The van der Waals surface area contributed by atoms with Crippen LogP contribution < -0.4 is 9.47 Å². The molecule has 1 saturated heterocycles. The Kier molecular flexibility index (Phi) is 6.82. The SMILES string of the molecule is C[C@H]1c2c(ccc(O)c2F)O[C@H](c2ccc(OCCN3CCCCC3)cc2)[C@@H]1c1ccc(O)cc1. The van der Waals surface area contributed by atoms with Gasteiger partial charge in [-0.15, -0.1) is 0 Å². The van der Waals surface area contributed by atoms with Crippen LogP contribution in [0.4, 0.5) is 4.39 Å². The van der Waals surface area contributed by atoms with Gasteiger partial charge in [0.25, 0.3) is 0 Å². The van der Waals surface area contributed by atoms with Crippen LogP contribution in [0.5, 0.6) is 23.0 Å². The summed E-state index contributed by atoms with van der Waals surface area (Å²) >= 11 is 0. The Hall–Kier alpha value is -3.25. The van der Waals surface area contributed by atoms with Crippen LogP contribution in [-0.2, 0) is 0 Å². The van der Waals surface area contributed by atoms with E-state index in [1.54, 1.807) is 18.2 Å². The highest BCUT2D eigenvalue weighted by atomic mass is 19.1. The quantitative estimate of drug-likeness (QED) is 0.448. The minimum Gasteiger partial charge on any atom is -0.508 e. The van der Waals surface area contributed by atoms with Crippen LogP contribution in [0.25, 0.3) is 0 Å².